The van der Waals surface area contributed by atoms with Crippen LogP contribution in [0.25, 0.3) is 6.08 Å². The molecule has 0 aliphatic carbocycles. The van der Waals surface area contributed by atoms with E-state index in [-0.39, 0.29) is 17.9 Å². The van der Waals surface area contributed by atoms with Crippen molar-refractivity contribution < 1.29 is 28.7 Å². The number of carbonyl (C=O) groups is 1. The van der Waals surface area contributed by atoms with Crippen molar-refractivity contribution in [2.45, 2.75) is 6.10 Å². The van der Waals surface area contributed by atoms with Gasteiger partial charge in [-0.25, -0.2) is 9.18 Å². The van der Waals surface area contributed by atoms with Gasteiger partial charge in [0.15, 0.2) is 5.75 Å². The SMILES string of the molecule is COC(=O)/C=C/c1cc(OCC(O)c2cccc(Br)c2)c([N+](=O)[O-])cc1F. The quantitative estimate of drug-likeness (QED) is 0.305. The van der Waals surface area contributed by atoms with Crippen molar-refractivity contribution in [1.82, 2.24) is 0 Å². The number of nitro groups is 1. The highest BCUT2D eigenvalue weighted by Gasteiger charge is 2.20. The molecular formula is C18H15BrFNO6. The number of halogens is 2. The van der Waals surface area contributed by atoms with Gasteiger partial charge in [-0.2, -0.15) is 0 Å². The molecule has 0 saturated carbocycles. The lowest BCUT2D eigenvalue weighted by atomic mass is 10.1. The molecule has 0 fully saturated rings. The summed E-state index contributed by atoms with van der Waals surface area (Å²) in [5.41, 5.74) is -0.151. The van der Waals surface area contributed by atoms with Crippen molar-refractivity contribution in [2.75, 3.05) is 13.7 Å². The van der Waals surface area contributed by atoms with Crippen molar-refractivity contribution in [3.63, 3.8) is 0 Å². The van der Waals surface area contributed by atoms with E-state index < -0.39 is 28.5 Å². The minimum atomic E-state index is -1.05. The fourth-order valence-corrected chi connectivity index (χ4v) is 2.57. The summed E-state index contributed by atoms with van der Waals surface area (Å²) in [5.74, 6) is -1.85. The third-order valence-electron chi connectivity index (χ3n) is 3.51. The summed E-state index contributed by atoms with van der Waals surface area (Å²) >= 11 is 3.28. The Bertz CT molecular complexity index is 886. The van der Waals surface area contributed by atoms with Gasteiger partial charge in [0, 0.05) is 16.1 Å². The molecule has 0 amide bonds. The van der Waals surface area contributed by atoms with Gasteiger partial charge in [-0.05, 0) is 29.8 Å². The number of aliphatic hydroxyl groups excluding tert-OH is 1. The summed E-state index contributed by atoms with van der Waals surface area (Å²) in [4.78, 5) is 21.5. The number of aliphatic hydroxyl groups is 1. The molecule has 0 spiro atoms. The number of methoxy groups -OCH3 is 1. The second kappa shape index (κ2) is 9.24. The minimum Gasteiger partial charge on any atom is -0.484 e. The van der Waals surface area contributed by atoms with Crippen LogP contribution < -0.4 is 4.74 Å². The van der Waals surface area contributed by atoms with E-state index >= 15 is 0 Å². The van der Waals surface area contributed by atoms with Crippen LogP contribution in [0.15, 0.2) is 46.9 Å². The number of nitro benzene ring substituents is 1. The summed E-state index contributed by atoms with van der Waals surface area (Å²) in [7, 11) is 1.16. The molecule has 0 radical (unpaired) electrons. The second-order valence-corrected chi connectivity index (χ2v) is 6.25. The highest BCUT2D eigenvalue weighted by Crippen LogP contribution is 2.31. The van der Waals surface area contributed by atoms with Gasteiger partial charge in [-0.3, -0.25) is 10.1 Å². The van der Waals surface area contributed by atoms with E-state index in [0.29, 0.717) is 11.6 Å². The lowest BCUT2D eigenvalue weighted by Gasteiger charge is -2.14. The van der Waals surface area contributed by atoms with Crippen LogP contribution in [-0.4, -0.2) is 29.7 Å². The Morgan fingerprint density at radius 3 is 2.78 bits per heavy atom. The number of nitrogens with zero attached hydrogens (tertiary/aromatic N) is 1. The molecule has 0 bridgehead atoms. The summed E-state index contributed by atoms with van der Waals surface area (Å²) in [5, 5.41) is 21.4. The van der Waals surface area contributed by atoms with Gasteiger partial charge in [0.25, 0.3) is 0 Å². The van der Waals surface area contributed by atoms with Gasteiger partial charge < -0.3 is 14.6 Å². The van der Waals surface area contributed by atoms with Gasteiger partial charge in [0.2, 0.25) is 0 Å². The molecule has 142 valence electrons. The van der Waals surface area contributed by atoms with Crippen molar-refractivity contribution in [3.05, 3.63) is 74.0 Å². The molecule has 27 heavy (non-hydrogen) atoms. The second-order valence-electron chi connectivity index (χ2n) is 5.34. The molecule has 2 rings (SSSR count). The first-order chi connectivity index (χ1) is 12.8. The monoisotopic (exact) mass is 439 g/mol. The maximum Gasteiger partial charge on any atom is 0.330 e. The van der Waals surface area contributed by atoms with E-state index in [4.69, 9.17) is 4.74 Å². The Labute approximate surface area is 162 Å². The first-order valence-corrected chi connectivity index (χ1v) is 8.41. The van der Waals surface area contributed by atoms with E-state index in [9.17, 15) is 24.4 Å². The lowest BCUT2D eigenvalue weighted by molar-refractivity contribution is -0.386. The normalized spacial score (nSPS) is 12.0. The van der Waals surface area contributed by atoms with Crippen LogP contribution in [0.4, 0.5) is 10.1 Å². The molecule has 0 aliphatic heterocycles. The third kappa shape index (κ3) is 5.60. The van der Waals surface area contributed by atoms with E-state index in [0.717, 1.165) is 29.8 Å². The topological polar surface area (TPSA) is 98.9 Å². The molecular weight excluding hydrogens is 425 g/mol. The lowest BCUT2D eigenvalue weighted by Crippen LogP contribution is -2.11. The number of hydrogen-bond donors (Lipinski definition) is 1. The molecule has 0 aliphatic rings. The van der Waals surface area contributed by atoms with E-state index in [1.807, 2.05) is 0 Å². The largest absolute Gasteiger partial charge is 0.484 e. The maximum atomic E-state index is 14.0. The van der Waals surface area contributed by atoms with E-state index in [1.54, 1.807) is 24.3 Å². The number of hydrogen-bond acceptors (Lipinski definition) is 6. The Morgan fingerprint density at radius 1 is 1.41 bits per heavy atom. The molecule has 1 atom stereocenters. The molecule has 0 saturated heterocycles. The van der Waals surface area contributed by atoms with Crippen LogP contribution in [0.3, 0.4) is 0 Å². The molecule has 2 aromatic carbocycles. The zero-order valence-corrected chi connectivity index (χ0v) is 15.7. The highest BCUT2D eigenvalue weighted by molar-refractivity contribution is 9.10. The Morgan fingerprint density at radius 2 is 2.15 bits per heavy atom. The van der Waals surface area contributed by atoms with E-state index in [2.05, 4.69) is 20.7 Å². The molecule has 1 N–H and O–H groups in total. The summed E-state index contributed by atoms with van der Waals surface area (Å²) in [6.07, 6.45) is 1.04. The Balaban J connectivity index is 2.26. The average molecular weight is 440 g/mol. The van der Waals surface area contributed by atoms with Crippen LogP contribution in [0.1, 0.15) is 17.2 Å². The molecule has 0 aromatic heterocycles. The van der Waals surface area contributed by atoms with Crippen molar-refractivity contribution in [2.24, 2.45) is 0 Å². The number of ether oxygens (including phenoxy) is 2. The van der Waals surface area contributed by atoms with Crippen molar-refractivity contribution >= 4 is 33.7 Å². The molecule has 1 unspecified atom stereocenters. The first-order valence-electron chi connectivity index (χ1n) is 7.62. The highest BCUT2D eigenvalue weighted by atomic mass is 79.9. The predicted molar refractivity (Wildman–Crippen MR) is 98.7 cm³/mol. The molecule has 0 heterocycles. The number of rotatable bonds is 7. The number of carbonyl (C=O) groups excluding carboxylic acids is 1. The third-order valence-corrected chi connectivity index (χ3v) is 4.00. The summed E-state index contributed by atoms with van der Waals surface area (Å²) in [6.45, 7) is -0.289. The van der Waals surface area contributed by atoms with Gasteiger partial charge in [-0.1, -0.05) is 28.1 Å². The van der Waals surface area contributed by atoms with Gasteiger partial charge in [-0.15, -0.1) is 0 Å². The van der Waals surface area contributed by atoms with Gasteiger partial charge >= 0.3 is 11.7 Å². The van der Waals surface area contributed by atoms with E-state index in [1.165, 1.54) is 0 Å². The summed E-state index contributed by atoms with van der Waals surface area (Å²) < 4.78 is 24.6. The van der Waals surface area contributed by atoms with Crippen molar-refractivity contribution in [1.29, 1.82) is 0 Å². The van der Waals surface area contributed by atoms with Crippen LogP contribution in [0.5, 0.6) is 5.75 Å². The average Bonchev–Trinajstić information content (AvgIpc) is 2.64. The van der Waals surface area contributed by atoms with Crippen LogP contribution in [0, 0.1) is 15.9 Å². The van der Waals surface area contributed by atoms with Gasteiger partial charge in [0.05, 0.1) is 18.1 Å². The Kier molecular flexibility index (Phi) is 7.03. The number of esters is 1. The molecule has 9 heteroatoms. The fraction of sp³-hybridized carbons (Fsp3) is 0.167. The van der Waals surface area contributed by atoms with Crippen LogP contribution in [0.2, 0.25) is 0 Å². The van der Waals surface area contributed by atoms with Crippen LogP contribution in [-0.2, 0) is 9.53 Å². The fourth-order valence-electron chi connectivity index (χ4n) is 2.15. The van der Waals surface area contributed by atoms with Crippen molar-refractivity contribution in [3.8, 4) is 5.75 Å². The summed E-state index contributed by atoms with van der Waals surface area (Å²) in [6, 6.07) is 8.62. The molecule has 7 nitrogen and oxygen atoms in total. The first kappa shape index (κ1) is 20.5. The zero-order chi connectivity index (χ0) is 20.0. The standard InChI is InChI=1S/C18H15BrFNO6/c1-26-18(23)6-5-11-8-17(15(21(24)25)9-14(11)20)27-10-16(22)12-3-2-4-13(19)7-12/h2-9,16,22H,10H2,1H3/b6-5+. The predicted octanol–water partition coefficient (Wildman–Crippen LogP) is 3.80. The minimum absolute atomic E-state index is 0.0991. The maximum absolute atomic E-state index is 14.0. The van der Waals surface area contributed by atoms with Gasteiger partial charge in [0.1, 0.15) is 18.5 Å². The zero-order valence-electron chi connectivity index (χ0n) is 14.1. The smallest absolute Gasteiger partial charge is 0.330 e. The number of benzene rings is 2. The Hall–Kier alpha value is -2.78. The van der Waals surface area contributed by atoms with Crippen LogP contribution >= 0.6 is 15.9 Å². The molecule has 2 aromatic rings.